The van der Waals surface area contributed by atoms with Crippen molar-refractivity contribution in [2.24, 2.45) is 0 Å². The number of aromatic nitrogens is 4. The maximum absolute atomic E-state index is 12.6. The molecule has 1 aliphatic heterocycles. The molecule has 1 aliphatic rings. The molecule has 0 unspecified atom stereocenters. The molecule has 0 amide bonds. The topological polar surface area (TPSA) is 64.7 Å². The zero-order valence-electron chi connectivity index (χ0n) is 12.2. The number of nitrogens with zero attached hydrogens (tertiary/aromatic N) is 5. The lowest BCUT2D eigenvalue weighted by Gasteiger charge is -2.26. The number of pyridine rings is 1. The highest BCUT2D eigenvalue weighted by molar-refractivity contribution is 5.78. The van der Waals surface area contributed by atoms with Crippen molar-refractivity contribution in [3.63, 3.8) is 0 Å². The van der Waals surface area contributed by atoms with Gasteiger partial charge in [-0.3, -0.25) is 9.69 Å². The second-order valence-corrected chi connectivity index (χ2v) is 5.43. The molecule has 22 heavy (non-hydrogen) atoms. The number of fused-ring (bicyclic) bond motifs is 3. The Balaban J connectivity index is 1.65. The average Bonchev–Trinajstić information content (AvgIpc) is 3.04. The Labute approximate surface area is 126 Å². The van der Waals surface area contributed by atoms with Crippen molar-refractivity contribution in [1.82, 2.24) is 24.1 Å². The summed E-state index contributed by atoms with van der Waals surface area (Å²) in [6.45, 7) is 4.93. The van der Waals surface area contributed by atoms with Gasteiger partial charge in [0.15, 0.2) is 5.65 Å². The molecule has 0 N–H and O–H groups in total. The highest BCUT2D eigenvalue weighted by Gasteiger charge is 2.11. The SMILES string of the molecule is O=c1c2cnc3ccnn3c2ccn1CCN1CCOCC1. The monoisotopic (exact) mass is 299 g/mol. The summed E-state index contributed by atoms with van der Waals surface area (Å²) in [4.78, 5) is 19.2. The lowest BCUT2D eigenvalue weighted by molar-refractivity contribution is 0.0363. The Morgan fingerprint density at radius 1 is 1.18 bits per heavy atom. The number of morpholine rings is 1. The van der Waals surface area contributed by atoms with E-state index >= 15 is 0 Å². The van der Waals surface area contributed by atoms with Crippen LogP contribution in [-0.2, 0) is 11.3 Å². The van der Waals surface area contributed by atoms with Gasteiger partial charge in [0, 0.05) is 44.6 Å². The standard InChI is InChI=1S/C15H17N5O2/c21-15-12-11-16-14-1-3-17-20(14)13(12)2-4-19(15)6-5-18-7-9-22-10-8-18/h1-4,11H,5-10H2. The van der Waals surface area contributed by atoms with Crippen LogP contribution >= 0.6 is 0 Å². The summed E-state index contributed by atoms with van der Waals surface area (Å²) in [5.74, 6) is 0. The van der Waals surface area contributed by atoms with Crippen LogP contribution in [0, 0.1) is 0 Å². The van der Waals surface area contributed by atoms with Crippen LogP contribution in [0.15, 0.2) is 35.5 Å². The molecule has 7 nitrogen and oxygen atoms in total. The quantitative estimate of drug-likeness (QED) is 0.699. The Hall–Kier alpha value is -2.25. The van der Waals surface area contributed by atoms with Crippen molar-refractivity contribution in [2.75, 3.05) is 32.8 Å². The fraction of sp³-hybridized carbons (Fsp3) is 0.400. The van der Waals surface area contributed by atoms with E-state index < -0.39 is 0 Å². The van der Waals surface area contributed by atoms with Gasteiger partial charge in [0.05, 0.1) is 30.3 Å². The third-order valence-electron chi connectivity index (χ3n) is 4.12. The van der Waals surface area contributed by atoms with Gasteiger partial charge in [-0.1, -0.05) is 0 Å². The van der Waals surface area contributed by atoms with Gasteiger partial charge >= 0.3 is 0 Å². The third-order valence-corrected chi connectivity index (χ3v) is 4.12. The molecule has 3 aromatic rings. The van der Waals surface area contributed by atoms with Gasteiger partial charge in [0.2, 0.25) is 0 Å². The van der Waals surface area contributed by atoms with Crippen LogP contribution in [0.3, 0.4) is 0 Å². The van der Waals surface area contributed by atoms with Gasteiger partial charge in [0.25, 0.3) is 5.56 Å². The molecule has 1 saturated heterocycles. The van der Waals surface area contributed by atoms with Crippen molar-refractivity contribution in [1.29, 1.82) is 0 Å². The Morgan fingerprint density at radius 2 is 2.05 bits per heavy atom. The molecule has 3 aromatic heterocycles. The molecule has 0 bridgehead atoms. The second-order valence-electron chi connectivity index (χ2n) is 5.43. The van der Waals surface area contributed by atoms with Crippen LogP contribution in [0.25, 0.3) is 16.6 Å². The normalized spacial score (nSPS) is 16.5. The molecule has 0 spiro atoms. The summed E-state index contributed by atoms with van der Waals surface area (Å²) < 4.78 is 8.78. The molecule has 0 atom stereocenters. The first-order valence-corrected chi connectivity index (χ1v) is 7.45. The van der Waals surface area contributed by atoms with Crippen LogP contribution in [0.5, 0.6) is 0 Å². The number of hydrogen-bond donors (Lipinski definition) is 0. The van der Waals surface area contributed by atoms with Gasteiger partial charge in [-0.05, 0) is 6.07 Å². The first kappa shape index (κ1) is 13.4. The van der Waals surface area contributed by atoms with E-state index in [1.54, 1.807) is 21.5 Å². The second kappa shape index (κ2) is 5.51. The zero-order valence-corrected chi connectivity index (χ0v) is 12.2. The molecular weight excluding hydrogens is 282 g/mol. The van der Waals surface area contributed by atoms with E-state index in [2.05, 4.69) is 15.0 Å². The summed E-state index contributed by atoms with van der Waals surface area (Å²) in [5, 5.41) is 4.82. The molecule has 1 fully saturated rings. The van der Waals surface area contributed by atoms with Crippen LogP contribution in [-0.4, -0.2) is 56.9 Å². The smallest absolute Gasteiger partial charge is 0.261 e. The minimum atomic E-state index is -0.0179. The average molecular weight is 299 g/mol. The fourth-order valence-electron chi connectivity index (χ4n) is 2.85. The van der Waals surface area contributed by atoms with E-state index in [4.69, 9.17) is 4.74 Å². The molecular formula is C15H17N5O2. The van der Waals surface area contributed by atoms with Crippen molar-refractivity contribution in [2.45, 2.75) is 6.54 Å². The van der Waals surface area contributed by atoms with Gasteiger partial charge in [0.1, 0.15) is 0 Å². The summed E-state index contributed by atoms with van der Waals surface area (Å²) in [7, 11) is 0. The minimum absolute atomic E-state index is 0.0179. The maximum Gasteiger partial charge on any atom is 0.261 e. The Morgan fingerprint density at radius 3 is 2.91 bits per heavy atom. The Kier molecular flexibility index (Phi) is 3.36. The van der Waals surface area contributed by atoms with E-state index in [0.717, 1.165) is 44.0 Å². The van der Waals surface area contributed by atoms with Crippen molar-refractivity contribution >= 4 is 16.6 Å². The van der Waals surface area contributed by atoms with Crippen LogP contribution < -0.4 is 5.56 Å². The first-order valence-electron chi connectivity index (χ1n) is 7.45. The van der Waals surface area contributed by atoms with Gasteiger partial charge in [-0.15, -0.1) is 0 Å². The molecule has 4 rings (SSSR count). The molecule has 4 heterocycles. The molecule has 0 aliphatic carbocycles. The number of rotatable bonds is 3. The summed E-state index contributed by atoms with van der Waals surface area (Å²) in [6.07, 6.45) is 5.16. The van der Waals surface area contributed by atoms with E-state index in [-0.39, 0.29) is 5.56 Å². The third kappa shape index (κ3) is 2.28. The van der Waals surface area contributed by atoms with Crippen LogP contribution in [0.1, 0.15) is 0 Å². The highest BCUT2D eigenvalue weighted by atomic mass is 16.5. The predicted molar refractivity (Wildman–Crippen MR) is 82.0 cm³/mol. The zero-order chi connectivity index (χ0) is 14.9. The van der Waals surface area contributed by atoms with Crippen molar-refractivity contribution < 1.29 is 4.74 Å². The molecule has 0 radical (unpaired) electrons. The fourth-order valence-corrected chi connectivity index (χ4v) is 2.85. The first-order chi connectivity index (χ1) is 10.8. The summed E-state index contributed by atoms with van der Waals surface area (Å²) in [5.41, 5.74) is 1.52. The van der Waals surface area contributed by atoms with E-state index in [1.165, 1.54) is 0 Å². The summed E-state index contributed by atoms with van der Waals surface area (Å²) in [6, 6.07) is 3.75. The molecule has 0 saturated carbocycles. The van der Waals surface area contributed by atoms with Crippen LogP contribution in [0.2, 0.25) is 0 Å². The minimum Gasteiger partial charge on any atom is -0.379 e. The van der Waals surface area contributed by atoms with Gasteiger partial charge in [-0.25, -0.2) is 9.50 Å². The summed E-state index contributed by atoms with van der Waals surface area (Å²) >= 11 is 0. The van der Waals surface area contributed by atoms with Gasteiger partial charge < -0.3 is 9.30 Å². The largest absolute Gasteiger partial charge is 0.379 e. The number of hydrogen-bond acceptors (Lipinski definition) is 5. The van der Waals surface area contributed by atoms with Gasteiger partial charge in [-0.2, -0.15) is 5.10 Å². The molecule has 7 heteroatoms. The lowest BCUT2D eigenvalue weighted by Crippen LogP contribution is -2.39. The molecule has 0 aromatic carbocycles. The van der Waals surface area contributed by atoms with E-state index in [1.807, 2.05) is 18.3 Å². The number of ether oxygens (including phenoxy) is 1. The van der Waals surface area contributed by atoms with Crippen molar-refractivity contribution in [3.8, 4) is 0 Å². The maximum atomic E-state index is 12.6. The predicted octanol–water partition coefficient (Wildman–Crippen LogP) is 0.376. The highest BCUT2D eigenvalue weighted by Crippen LogP contribution is 2.10. The van der Waals surface area contributed by atoms with Crippen LogP contribution in [0.4, 0.5) is 0 Å². The van der Waals surface area contributed by atoms with E-state index in [9.17, 15) is 4.79 Å². The Bertz CT molecular complexity index is 863. The molecule has 114 valence electrons. The lowest BCUT2D eigenvalue weighted by atomic mass is 10.3. The van der Waals surface area contributed by atoms with E-state index in [0.29, 0.717) is 11.9 Å². The van der Waals surface area contributed by atoms with Crippen molar-refractivity contribution in [3.05, 3.63) is 41.1 Å².